The van der Waals surface area contributed by atoms with Crippen LogP contribution in [0.3, 0.4) is 0 Å². The highest BCUT2D eigenvalue weighted by Crippen LogP contribution is 2.24. The first kappa shape index (κ1) is 16.1. The fourth-order valence-corrected chi connectivity index (χ4v) is 2.24. The molecule has 0 spiro atoms. The van der Waals surface area contributed by atoms with Crippen molar-refractivity contribution in [1.82, 2.24) is 5.32 Å². The van der Waals surface area contributed by atoms with E-state index >= 15 is 0 Å². The first-order valence-corrected chi connectivity index (χ1v) is 7.21. The van der Waals surface area contributed by atoms with Crippen LogP contribution in [0.5, 0.6) is 0 Å². The van der Waals surface area contributed by atoms with Crippen molar-refractivity contribution in [3.05, 3.63) is 58.5 Å². The van der Waals surface area contributed by atoms with Crippen LogP contribution in [-0.4, -0.2) is 11.8 Å². The van der Waals surface area contributed by atoms with Gasteiger partial charge in [-0.3, -0.25) is 9.59 Å². The summed E-state index contributed by atoms with van der Waals surface area (Å²) in [7, 11) is 0. The summed E-state index contributed by atoms with van der Waals surface area (Å²) in [5, 5.41) is 3.07. The van der Waals surface area contributed by atoms with E-state index in [1.54, 1.807) is 36.4 Å². The lowest BCUT2D eigenvalue weighted by atomic mass is 9.91. The first-order valence-electron chi connectivity index (χ1n) is 6.84. The Morgan fingerprint density at radius 1 is 1.32 bits per heavy atom. The molecular formula is C16H17ClN2O3. The number of halogens is 1. The van der Waals surface area contributed by atoms with Crippen LogP contribution in [0.1, 0.15) is 35.7 Å². The molecule has 5 nitrogen and oxygen atoms in total. The summed E-state index contributed by atoms with van der Waals surface area (Å²) in [6.07, 6.45) is 0.675. The van der Waals surface area contributed by atoms with E-state index in [-0.39, 0.29) is 5.76 Å². The number of aryl methyl sites for hydroxylation is 1. The number of carbonyl (C=O) groups is 2. The summed E-state index contributed by atoms with van der Waals surface area (Å²) < 4.78 is 5.39. The van der Waals surface area contributed by atoms with Gasteiger partial charge in [-0.25, -0.2) is 0 Å². The average Bonchev–Trinajstić information content (AvgIpc) is 2.96. The second-order valence-corrected chi connectivity index (χ2v) is 5.51. The maximum Gasteiger partial charge on any atom is 0.288 e. The Morgan fingerprint density at radius 3 is 2.59 bits per heavy atom. The molecule has 0 aliphatic rings. The Balaban J connectivity index is 2.32. The van der Waals surface area contributed by atoms with E-state index in [1.807, 2.05) is 6.92 Å². The van der Waals surface area contributed by atoms with Gasteiger partial charge in [-0.1, -0.05) is 30.7 Å². The Hall–Kier alpha value is -2.27. The monoisotopic (exact) mass is 320 g/mol. The molecule has 6 heteroatoms. The van der Waals surface area contributed by atoms with Gasteiger partial charge in [0.05, 0.1) is 0 Å². The maximum absolute atomic E-state index is 12.3. The lowest BCUT2D eigenvalue weighted by Crippen LogP contribution is -2.52. The van der Waals surface area contributed by atoms with Crippen LogP contribution in [-0.2, 0) is 16.8 Å². The molecule has 1 aromatic heterocycles. The van der Waals surface area contributed by atoms with Gasteiger partial charge in [0.25, 0.3) is 5.91 Å². The van der Waals surface area contributed by atoms with Gasteiger partial charge in [0, 0.05) is 11.4 Å². The zero-order valence-corrected chi connectivity index (χ0v) is 13.1. The predicted molar refractivity (Wildman–Crippen MR) is 83.6 cm³/mol. The van der Waals surface area contributed by atoms with Gasteiger partial charge < -0.3 is 15.5 Å². The van der Waals surface area contributed by atoms with Crippen molar-refractivity contribution in [3.8, 4) is 0 Å². The third-order valence-electron chi connectivity index (χ3n) is 3.49. The first-order chi connectivity index (χ1) is 10.4. The zero-order valence-electron chi connectivity index (χ0n) is 12.4. The lowest BCUT2D eigenvalue weighted by molar-refractivity contribution is -0.123. The minimum Gasteiger partial charge on any atom is -0.456 e. The molecule has 116 valence electrons. The Labute approximate surface area is 133 Å². The molecule has 2 rings (SSSR count). The fraction of sp³-hybridized carbons (Fsp3) is 0.250. The van der Waals surface area contributed by atoms with Crippen molar-refractivity contribution in [2.24, 2.45) is 5.73 Å². The minimum absolute atomic E-state index is 0.131. The number of amides is 2. The fourth-order valence-electron chi connectivity index (χ4n) is 2.05. The van der Waals surface area contributed by atoms with Crippen molar-refractivity contribution in [2.75, 3.05) is 0 Å². The highest BCUT2D eigenvalue weighted by molar-refractivity contribution is 6.30. The molecule has 0 fully saturated rings. The summed E-state index contributed by atoms with van der Waals surface area (Å²) in [5.41, 5.74) is 4.60. The molecule has 0 radical (unpaired) electrons. The number of benzene rings is 1. The third kappa shape index (κ3) is 3.14. The molecular weight excluding hydrogens is 304 g/mol. The highest BCUT2D eigenvalue weighted by Gasteiger charge is 2.36. The molecule has 1 atom stereocenters. The van der Waals surface area contributed by atoms with E-state index in [2.05, 4.69) is 5.32 Å². The van der Waals surface area contributed by atoms with Crippen LogP contribution in [0.25, 0.3) is 0 Å². The number of hydrogen-bond donors (Lipinski definition) is 2. The standard InChI is InChI=1S/C16H17ClN2O3/c1-3-12-7-8-13(22-12)14(20)19-16(2,15(18)21)10-5-4-6-11(17)9-10/h4-9H,3H2,1-2H3,(H2,18,21)(H,19,20)/t16-/m1/s1. The number of rotatable bonds is 5. The number of hydrogen-bond acceptors (Lipinski definition) is 3. The molecule has 1 heterocycles. The summed E-state index contributed by atoms with van der Waals surface area (Å²) in [5.74, 6) is -0.383. The molecule has 1 aromatic carbocycles. The molecule has 0 aliphatic carbocycles. The predicted octanol–water partition coefficient (Wildman–Crippen LogP) is 2.63. The van der Waals surface area contributed by atoms with E-state index in [4.69, 9.17) is 21.8 Å². The minimum atomic E-state index is -1.39. The van der Waals surface area contributed by atoms with Crippen LogP contribution in [0.2, 0.25) is 5.02 Å². The largest absolute Gasteiger partial charge is 0.456 e. The van der Waals surface area contributed by atoms with Crippen molar-refractivity contribution < 1.29 is 14.0 Å². The molecule has 22 heavy (non-hydrogen) atoms. The quantitative estimate of drug-likeness (QED) is 0.888. The topological polar surface area (TPSA) is 85.3 Å². The molecule has 0 saturated carbocycles. The van der Waals surface area contributed by atoms with Gasteiger partial charge in [-0.2, -0.15) is 0 Å². The van der Waals surface area contributed by atoms with Crippen molar-refractivity contribution >= 4 is 23.4 Å². The molecule has 2 aromatic rings. The van der Waals surface area contributed by atoms with Crippen LogP contribution >= 0.6 is 11.6 Å². The van der Waals surface area contributed by atoms with Gasteiger partial charge in [0.15, 0.2) is 5.76 Å². The van der Waals surface area contributed by atoms with Crippen LogP contribution in [0, 0.1) is 0 Å². The van der Waals surface area contributed by atoms with Gasteiger partial charge in [-0.05, 0) is 36.8 Å². The zero-order chi connectivity index (χ0) is 16.3. The van der Waals surface area contributed by atoms with E-state index in [9.17, 15) is 9.59 Å². The normalized spacial score (nSPS) is 13.4. The molecule has 0 unspecified atom stereocenters. The van der Waals surface area contributed by atoms with Crippen LogP contribution in [0.4, 0.5) is 0 Å². The van der Waals surface area contributed by atoms with E-state index in [0.29, 0.717) is 22.8 Å². The third-order valence-corrected chi connectivity index (χ3v) is 3.73. The Morgan fingerprint density at radius 2 is 2.05 bits per heavy atom. The van der Waals surface area contributed by atoms with E-state index in [0.717, 1.165) is 0 Å². The van der Waals surface area contributed by atoms with Gasteiger partial charge in [0.1, 0.15) is 11.3 Å². The SMILES string of the molecule is CCc1ccc(C(=O)N[C@@](C)(C(N)=O)c2cccc(Cl)c2)o1. The lowest BCUT2D eigenvalue weighted by Gasteiger charge is -2.27. The number of carbonyl (C=O) groups excluding carboxylic acids is 2. The van der Waals surface area contributed by atoms with Gasteiger partial charge in [0.2, 0.25) is 5.91 Å². The second-order valence-electron chi connectivity index (χ2n) is 5.07. The van der Waals surface area contributed by atoms with Crippen LogP contribution in [0.15, 0.2) is 40.8 Å². The van der Waals surface area contributed by atoms with Gasteiger partial charge >= 0.3 is 0 Å². The van der Waals surface area contributed by atoms with E-state index < -0.39 is 17.4 Å². The highest BCUT2D eigenvalue weighted by atomic mass is 35.5. The summed E-state index contributed by atoms with van der Waals surface area (Å²) in [6, 6.07) is 9.91. The second kappa shape index (κ2) is 6.23. The smallest absolute Gasteiger partial charge is 0.288 e. The summed E-state index contributed by atoms with van der Waals surface area (Å²) in [4.78, 5) is 24.2. The number of furan rings is 1. The molecule has 0 bridgehead atoms. The number of nitrogens with two attached hydrogens (primary N) is 1. The molecule has 0 saturated heterocycles. The van der Waals surface area contributed by atoms with Crippen molar-refractivity contribution in [1.29, 1.82) is 0 Å². The summed E-state index contributed by atoms with van der Waals surface area (Å²) >= 11 is 5.95. The number of primary amides is 1. The van der Waals surface area contributed by atoms with Crippen molar-refractivity contribution in [3.63, 3.8) is 0 Å². The van der Waals surface area contributed by atoms with Gasteiger partial charge in [-0.15, -0.1) is 0 Å². The summed E-state index contributed by atoms with van der Waals surface area (Å²) in [6.45, 7) is 3.45. The van der Waals surface area contributed by atoms with Crippen molar-refractivity contribution in [2.45, 2.75) is 25.8 Å². The Kier molecular flexibility index (Phi) is 4.56. The van der Waals surface area contributed by atoms with Crippen LogP contribution < -0.4 is 11.1 Å². The molecule has 3 N–H and O–H groups in total. The Bertz CT molecular complexity index is 711. The molecule has 0 aliphatic heterocycles. The molecule has 2 amide bonds. The maximum atomic E-state index is 12.3. The number of nitrogens with one attached hydrogen (secondary N) is 1. The van der Waals surface area contributed by atoms with E-state index in [1.165, 1.54) is 6.92 Å². The average molecular weight is 321 g/mol.